The van der Waals surface area contributed by atoms with Gasteiger partial charge in [0.05, 0.1) is 56.6 Å². The number of benzene rings is 5. The molecule has 5 aromatic heterocycles. The van der Waals surface area contributed by atoms with Crippen LogP contribution in [0.25, 0.3) is 87.3 Å². The molecule has 64 heavy (non-hydrogen) atoms. The maximum atomic E-state index is 11.1. The molecule has 6 bridgehead atoms. The number of pyridine rings is 1. The zero-order chi connectivity index (χ0) is 43.2. The summed E-state index contributed by atoms with van der Waals surface area (Å²) in [5, 5.41) is 22.0. The van der Waals surface area contributed by atoms with Crippen LogP contribution < -0.4 is 0 Å². The molecular weight excluding hydrogens is 777 g/mol. The second kappa shape index (κ2) is 11.4. The summed E-state index contributed by atoms with van der Waals surface area (Å²) in [5.74, 6) is 2.61. The van der Waals surface area contributed by atoms with Crippen LogP contribution in [0.2, 0.25) is 0 Å². The van der Waals surface area contributed by atoms with Gasteiger partial charge in [0.2, 0.25) is 0 Å². The molecule has 17 rings (SSSR count). The standard InChI is InChI=1S/C60H56N4/c1-29-15-30(2)48(31(3)16-29)38-9-10-39-53-47(28-62-57-54(53)59(7)11-13-60(57,8)14-12-59)64-45-25-40-41-23-37(58(4,5)6)24-43-52-46(63(55(41)43)44(40)26-42(45)51(38)56(39)64)22-36(27-61)49-34-18-32-17-33(19-34)21-35(20-32)50(49)52/h9-10,15-16,22-26,28,32-35H,11-14,17-21H2,1-8H3. The molecule has 0 aliphatic heterocycles. The van der Waals surface area contributed by atoms with Crippen molar-refractivity contribution in [2.45, 2.75) is 141 Å². The van der Waals surface area contributed by atoms with Crippen LogP contribution in [-0.2, 0) is 16.2 Å². The average molecular weight is 833 g/mol. The molecule has 2 unspecified atom stereocenters. The lowest BCUT2D eigenvalue weighted by molar-refractivity contribution is 0.166. The van der Waals surface area contributed by atoms with Crippen LogP contribution >= 0.6 is 0 Å². The van der Waals surface area contributed by atoms with Gasteiger partial charge in [-0.2, -0.15) is 5.26 Å². The summed E-state index contributed by atoms with van der Waals surface area (Å²) in [7, 11) is 0. The first-order valence-corrected chi connectivity index (χ1v) is 24.6. The van der Waals surface area contributed by atoms with Gasteiger partial charge >= 0.3 is 0 Å². The van der Waals surface area contributed by atoms with Crippen molar-refractivity contribution in [2.24, 2.45) is 11.8 Å². The lowest BCUT2D eigenvalue weighted by atomic mass is 9.53. The molecule has 0 spiro atoms. The zero-order valence-corrected chi connectivity index (χ0v) is 38.7. The van der Waals surface area contributed by atoms with E-state index in [0.717, 1.165) is 17.4 Å². The Balaban J connectivity index is 1.15. The van der Waals surface area contributed by atoms with E-state index in [9.17, 15) is 5.26 Å². The molecule has 4 nitrogen and oxygen atoms in total. The highest BCUT2D eigenvalue weighted by atomic mass is 15.0. The second-order valence-electron chi connectivity index (χ2n) is 23.8. The van der Waals surface area contributed by atoms with Crippen molar-refractivity contribution in [1.29, 1.82) is 5.26 Å². The van der Waals surface area contributed by atoms with Gasteiger partial charge in [0.1, 0.15) is 0 Å². The van der Waals surface area contributed by atoms with Gasteiger partial charge in [-0.3, -0.25) is 4.98 Å². The molecular formula is C60H56N4. The topological polar surface area (TPSA) is 45.5 Å². The molecule has 7 aliphatic rings. The van der Waals surface area contributed by atoms with E-state index in [-0.39, 0.29) is 16.2 Å². The molecule has 7 aliphatic carbocycles. The largest absolute Gasteiger partial charge is 0.308 e. The maximum absolute atomic E-state index is 11.1. The van der Waals surface area contributed by atoms with Crippen molar-refractivity contribution in [3.05, 3.63) is 111 Å². The molecule has 4 heteroatoms. The van der Waals surface area contributed by atoms with E-state index in [1.807, 2.05) is 0 Å². The molecule has 3 fully saturated rings. The van der Waals surface area contributed by atoms with E-state index < -0.39 is 0 Å². The van der Waals surface area contributed by atoms with Crippen molar-refractivity contribution in [3.8, 4) is 17.2 Å². The highest BCUT2D eigenvalue weighted by Crippen LogP contribution is 2.61. The van der Waals surface area contributed by atoms with Gasteiger partial charge in [0.15, 0.2) is 0 Å². The maximum Gasteiger partial charge on any atom is 0.0995 e. The van der Waals surface area contributed by atoms with Gasteiger partial charge in [0, 0.05) is 48.5 Å². The van der Waals surface area contributed by atoms with E-state index in [4.69, 9.17) is 4.98 Å². The SMILES string of the molecule is Cc1cc(C)c(-c2ccc3c4c5c(ncc4n4c6cc7c8cc(C(C)(C)C)cc9c%10c%11c(c(C#N)cc%10n(c7cc6c2c34)c89)C2CC3CC(C2)CC%11C3)C2(C)CCC5(C)CC2)c(C)c1. The van der Waals surface area contributed by atoms with Crippen molar-refractivity contribution in [2.75, 3.05) is 0 Å². The van der Waals surface area contributed by atoms with Gasteiger partial charge < -0.3 is 8.80 Å². The number of nitriles is 1. The third-order valence-corrected chi connectivity index (χ3v) is 18.9. The minimum Gasteiger partial charge on any atom is -0.308 e. The molecule has 0 N–H and O–H groups in total. The molecule has 0 radical (unpaired) electrons. The first-order valence-electron chi connectivity index (χ1n) is 24.6. The number of rotatable bonds is 1. The highest BCUT2D eigenvalue weighted by Gasteiger charge is 2.50. The molecule has 316 valence electrons. The zero-order valence-electron chi connectivity index (χ0n) is 38.7. The molecule has 3 saturated carbocycles. The summed E-state index contributed by atoms with van der Waals surface area (Å²) in [6, 6.07) is 25.0. The molecule has 0 amide bonds. The predicted octanol–water partition coefficient (Wildman–Crippen LogP) is 15.6. The van der Waals surface area contributed by atoms with Gasteiger partial charge in [-0.05, 0) is 188 Å². The Morgan fingerprint density at radius 2 is 1.27 bits per heavy atom. The molecule has 5 heterocycles. The Kier molecular flexibility index (Phi) is 6.53. The summed E-state index contributed by atoms with van der Waals surface area (Å²) in [6.45, 7) is 19.0. The quantitative estimate of drug-likeness (QED) is 0.165. The predicted molar refractivity (Wildman–Crippen MR) is 265 cm³/mol. The number of fused-ring (bicyclic) bond motifs is 14. The minimum atomic E-state index is -0.0335. The number of nitrogens with zero attached hydrogens (tertiary/aromatic N) is 4. The second-order valence-corrected chi connectivity index (χ2v) is 23.8. The lowest BCUT2D eigenvalue weighted by Gasteiger charge is -2.51. The number of aromatic nitrogens is 3. The van der Waals surface area contributed by atoms with E-state index in [0.29, 0.717) is 11.8 Å². The Morgan fingerprint density at radius 1 is 0.625 bits per heavy atom. The number of aryl methyl sites for hydroxylation is 3. The number of hydrogen-bond donors (Lipinski definition) is 0. The normalized spacial score (nSPS) is 26.3. The van der Waals surface area contributed by atoms with E-state index >= 15 is 0 Å². The van der Waals surface area contributed by atoms with E-state index in [1.54, 1.807) is 5.56 Å². The van der Waals surface area contributed by atoms with Crippen LogP contribution in [0.4, 0.5) is 0 Å². The summed E-state index contributed by atoms with van der Waals surface area (Å²) in [6.07, 6.45) is 13.6. The summed E-state index contributed by atoms with van der Waals surface area (Å²) >= 11 is 0. The molecule has 0 saturated heterocycles. The summed E-state index contributed by atoms with van der Waals surface area (Å²) < 4.78 is 5.25. The van der Waals surface area contributed by atoms with Crippen LogP contribution in [0.1, 0.15) is 154 Å². The fourth-order valence-electron chi connectivity index (χ4n) is 16.2. The Bertz CT molecular complexity index is 3810. The molecule has 5 aromatic carbocycles. The van der Waals surface area contributed by atoms with Crippen molar-refractivity contribution < 1.29 is 0 Å². The lowest BCUT2D eigenvalue weighted by Crippen LogP contribution is -2.45. The van der Waals surface area contributed by atoms with Crippen molar-refractivity contribution >= 4 is 76.2 Å². The average Bonchev–Trinajstić information content (AvgIpc) is 3.94. The summed E-state index contributed by atoms with van der Waals surface area (Å²) in [4.78, 5) is 5.50. The van der Waals surface area contributed by atoms with Crippen molar-refractivity contribution in [3.63, 3.8) is 0 Å². The molecule has 2 atom stereocenters. The third kappa shape index (κ3) is 4.21. The fourth-order valence-corrected chi connectivity index (χ4v) is 16.2. The molecule has 10 aromatic rings. The van der Waals surface area contributed by atoms with Crippen LogP contribution in [0.5, 0.6) is 0 Å². The van der Waals surface area contributed by atoms with E-state index in [2.05, 4.69) is 131 Å². The van der Waals surface area contributed by atoms with E-state index in [1.165, 1.54) is 184 Å². The van der Waals surface area contributed by atoms with Crippen molar-refractivity contribution in [1.82, 2.24) is 13.8 Å². The van der Waals surface area contributed by atoms with Gasteiger partial charge in [0.25, 0.3) is 0 Å². The highest BCUT2D eigenvalue weighted by molar-refractivity contribution is 6.32. The van der Waals surface area contributed by atoms with Gasteiger partial charge in [-0.1, -0.05) is 64.4 Å². The van der Waals surface area contributed by atoms with Crippen LogP contribution in [0.3, 0.4) is 0 Å². The van der Waals surface area contributed by atoms with Crippen LogP contribution in [0.15, 0.2) is 60.8 Å². The Morgan fingerprint density at radius 3 is 1.97 bits per heavy atom. The monoisotopic (exact) mass is 832 g/mol. The first-order chi connectivity index (χ1) is 30.7. The van der Waals surface area contributed by atoms with Gasteiger partial charge in [-0.25, -0.2) is 0 Å². The first kappa shape index (κ1) is 36.7. The summed E-state index contributed by atoms with van der Waals surface area (Å²) in [5.41, 5.74) is 22.7. The Hall–Kier alpha value is -5.66. The Labute approximate surface area is 374 Å². The van der Waals surface area contributed by atoms with Crippen LogP contribution in [-0.4, -0.2) is 13.8 Å². The van der Waals surface area contributed by atoms with Gasteiger partial charge in [-0.15, -0.1) is 0 Å². The minimum absolute atomic E-state index is 0.0335. The third-order valence-electron chi connectivity index (χ3n) is 18.9. The number of hydrogen-bond acceptors (Lipinski definition) is 2. The fraction of sp³-hybridized carbons (Fsp3) is 0.400. The van der Waals surface area contributed by atoms with Crippen LogP contribution in [0, 0.1) is 43.9 Å². The smallest absolute Gasteiger partial charge is 0.0995 e.